The lowest BCUT2D eigenvalue weighted by molar-refractivity contribution is 0.364. The smallest absolute Gasteiger partial charge is 0.186 e. The standard InChI is InChI=1S/C15H21N3S/c1-10-8-11(2)13-12(9-10)19-14(17-13)18-6-4-15(3,16)5-7-18/h8-9H,4-7,16H2,1-3H3. The van der Waals surface area contributed by atoms with Crippen LogP contribution in [0.4, 0.5) is 5.13 Å². The Morgan fingerprint density at radius 1 is 1.26 bits per heavy atom. The normalized spacial score (nSPS) is 19.1. The third kappa shape index (κ3) is 2.47. The largest absolute Gasteiger partial charge is 0.348 e. The fourth-order valence-corrected chi connectivity index (χ4v) is 3.90. The van der Waals surface area contributed by atoms with E-state index in [2.05, 4.69) is 37.8 Å². The molecule has 19 heavy (non-hydrogen) atoms. The van der Waals surface area contributed by atoms with Crippen LogP contribution in [0.15, 0.2) is 12.1 Å². The molecule has 1 saturated heterocycles. The zero-order chi connectivity index (χ0) is 13.6. The highest BCUT2D eigenvalue weighted by molar-refractivity contribution is 7.22. The van der Waals surface area contributed by atoms with E-state index in [1.807, 2.05) is 0 Å². The zero-order valence-electron chi connectivity index (χ0n) is 11.9. The van der Waals surface area contributed by atoms with Crippen LogP contribution in [-0.2, 0) is 0 Å². The average molecular weight is 275 g/mol. The number of nitrogens with two attached hydrogens (primary N) is 1. The Kier molecular flexibility index (Phi) is 3.02. The van der Waals surface area contributed by atoms with Crippen molar-refractivity contribution in [1.82, 2.24) is 4.98 Å². The monoisotopic (exact) mass is 275 g/mol. The maximum absolute atomic E-state index is 6.19. The minimum Gasteiger partial charge on any atom is -0.348 e. The van der Waals surface area contributed by atoms with Gasteiger partial charge in [0.2, 0.25) is 0 Å². The molecule has 1 aliphatic heterocycles. The molecule has 1 aliphatic rings. The van der Waals surface area contributed by atoms with Gasteiger partial charge in [0.05, 0.1) is 10.2 Å². The van der Waals surface area contributed by atoms with E-state index in [4.69, 9.17) is 10.7 Å². The summed E-state index contributed by atoms with van der Waals surface area (Å²) in [6.45, 7) is 8.48. The molecule has 1 aromatic carbocycles. The van der Waals surface area contributed by atoms with Crippen molar-refractivity contribution in [2.45, 2.75) is 39.2 Å². The third-order valence-corrected chi connectivity index (χ3v) is 5.06. The van der Waals surface area contributed by atoms with Crippen LogP contribution >= 0.6 is 11.3 Å². The first kappa shape index (κ1) is 12.9. The third-order valence-electron chi connectivity index (χ3n) is 3.99. The zero-order valence-corrected chi connectivity index (χ0v) is 12.7. The molecule has 3 rings (SSSR count). The number of hydrogen-bond acceptors (Lipinski definition) is 4. The summed E-state index contributed by atoms with van der Waals surface area (Å²) in [5, 5.41) is 1.15. The van der Waals surface area contributed by atoms with Gasteiger partial charge in [-0.05, 0) is 50.8 Å². The minimum absolute atomic E-state index is 0.000311. The number of thiazole rings is 1. The molecule has 2 aromatic rings. The van der Waals surface area contributed by atoms with Gasteiger partial charge in [0, 0.05) is 18.6 Å². The number of anilines is 1. The molecule has 1 fully saturated rings. The second kappa shape index (κ2) is 4.46. The number of benzene rings is 1. The fourth-order valence-electron chi connectivity index (χ4n) is 2.70. The molecule has 1 aromatic heterocycles. The van der Waals surface area contributed by atoms with Gasteiger partial charge < -0.3 is 10.6 Å². The van der Waals surface area contributed by atoms with Gasteiger partial charge in [-0.2, -0.15) is 0 Å². The molecule has 4 heteroatoms. The number of fused-ring (bicyclic) bond motifs is 1. The van der Waals surface area contributed by atoms with Crippen molar-refractivity contribution in [2.75, 3.05) is 18.0 Å². The number of hydrogen-bond donors (Lipinski definition) is 1. The van der Waals surface area contributed by atoms with Crippen LogP contribution in [0.5, 0.6) is 0 Å². The van der Waals surface area contributed by atoms with E-state index in [0.717, 1.165) is 36.6 Å². The minimum atomic E-state index is -0.000311. The number of nitrogens with zero attached hydrogens (tertiary/aromatic N) is 2. The summed E-state index contributed by atoms with van der Waals surface area (Å²) in [5.41, 5.74) is 9.94. The van der Waals surface area contributed by atoms with Gasteiger partial charge in [0.25, 0.3) is 0 Å². The van der Waals surface area contributed by atoms with E-state index in [-0.39, 0.29) is 5.54 Å². The topological polar surface area (TPSA) is 42.2 Å². The molecular weight excluding hydrogens is 254 g/mol. The molecule has 2 heterocycles. The Labute approximate surface area is 118 Å². The Morgan fingerprint density at radius 3 is 2.63 bits per heavy atom. The van der Waals surface area contributed by atoms with Crippen molar-refractivity contribution < 1.29 is 0 Å². The molecule has 0 amide bonds. The molecular formula is C15H21N3S. The highest BCUT2D eigenvalue weighted by atomic mass is 32.1. The van der Waals surface area contributed by atoms with Gasteiger partial charge in [-0.25, -0.2) is 4.98 Å². The highest BCUT2D eigenvalue weighted by Crippen LogP contribution is 2.33. The van der Waals surface area contributed by atoms with Crippen LogP contribution in [0.1, 0.15) is 30.9 Å². The second-order valence-corrected chi connectivity index (χ2v) is 7.08. The van der Waals surface area contributed by atoms with Crippen molar-refractivity contribution in [3.8, 4) is 0 Å². The molecule has 0 bridgehead atoms. The quantitative estimate of drug-likeness (QED) is 0.869. The van der Waals surface area contributed by atoms with Gasteiger partial charge in [-0.3, -0.25) is 0 Å². The van der Waals surface area contributed by atoms with Gasteiger partial charge in [0.15, 0.2) is 5.13 Å². The summed E-state index contributed by atoms with van der Waals surface area (Å²) in [7, 11) is 0. The summed E-state index contributed by atoms with van der Waals surface area (Å²) < 4.78 is 1.30. The second-order valence-electron chi connectivity index (χ2n) is 6.07. The van der Waals surface area contributed by atoms with Gasteiger partial charge >= 0.3 is 0 Å². The van der Waals surface area contributed by atoms with Gasteiger partial charge in [-0.1, -0.05) is 17.4 Å². The van der Waals surface area contributed by atoms with Crippen LogP contribution in [-0.4, -0.2) is 23.6 Å². The number of rotatable bonds is 1. The van der Waals surface area contributed by atoms with Crippen molar-refractivity contribution >= 4 is 26.7 Å². The van der Waals surface area contributed by atoms with E-state index >= 15 is 0 Å². The van der Waals surface area contributed by atoms with E-state index in [1.165, 1.54) is 15.8 Å². The molecule has 3 nitrogen and oxygen atoms in total. The van der Waals surface area contributed by atoms with Gasteiger partial charge in [0.1, 0.15) is 0 Å². The molecule has 0 atom stereocenters. The summed E-state index contributed by atoms with van der Waals surface area (Å²) in [5.74, 6) is 0. The summed E-state index contributed by atoms with van der Waals surface area (Å²) >= 11 is 1.81. The Morgan fingerprint density at radius 2 is 1.95 bits per heavy atom. The van der Waals surface area contributed by atoms with Crippen LogP contribution in [0.3, 0.4) is 0 Å². The molecule has 0 radical (unpaired) electrons. The Hall–Kier alpha value is -1.13. The van der Waals surface area contributed by atoms with Crippen molar-refractivity contribution in [1.29, 1.82) is 0 Å². The van der Waals surface area contributed by atoms with E-state index < -0.39 is 0 Å². The van der Waals surface area contributed by atoms with Crippen LogP contribution in [0, 0.1) is 13.8 Å². The van der Waals surface area contributed by atoms with E-state index in [0.29, 0.717) is 0 Å². The first-order chi connectivity index (χ1) is 8.94. The van der Waals surface area contributed by atoms with Crippen LogP contribution < -0.4 is 10.6 Å². The Bertz CT molecular complexity index is 605. The first-order valence-electron chi connectivity index (χ1n) is 6.86. The highest BCUT2D eigenvalue weighted by Gasteiger charge is 2.27. The van der Waals surface area contributed by atoms with Crippen molar-refractivity contribution in [3.05, 3.63) is 23.3 Å². The van der Waals surface area contributed by atoms with E-state index in [1.54, 1.807) is 11.3 Å². The maximum Gasteiger partial charge on any atom is 0.186 e. The van der Waals surface area contributed by atoms with Gasteiger partial charge in [-0.15, -0.1) is 0 Å². The summed E-state index contributed by atoms with van der Waals surface area (Å²) in [6.07, 6.45) is 2.09. The summed E-state index contributed by atoms with van der Waals surface area (Å²) in [6, 6.07) is 4.44. The van der Waals surface area contributed by atoms with Crippen LogP contribution in [0.25, 0.3) is 10.2 Å². The average Bonchev–Trinajstić information content (AvgIpc) is 2.72. The predicted molar refractivity (Wildman–Crippen MR) is 83.1 cm³/mol. The molecule has 0 spiro atoms. The Balaban J connectivity index is 1.92. The first-order valence-corrected chi connectivity index (χ1v) is 7.68. The molecule has 0 unspecified atom stereocenters. The molecule has 2 N–H and O–H groups in total. The van der Waals surface area contributed by atoms with E-state index in [9.17, 15) is 0 Å². The summed E-state index contributed by atoms with van der Waals surface area (Å²) in [4.78, 5) is 7.21. The number of aryl methyl sites for hydroxylation is 2. The number of aromatic nitrogens is 1. The SMILES string of the molecule is Cc1cc(C)c2nc(N3CCC(C)(N)CC3)sc2c1. The lowest BCUT2D eigenvalue weighted by Gasteiger charge is -2.36. The lowest BCUT2D eigenvalue weighted by atomic mass is 9.91. The molecule has 0 aliphatic carbocycles. The maximum atomic E-state index is 6.19. The molecule has 102 valence electrons. The van der Waals surface area contributed by atoms with Crippen molar-refractivity contribution in [3.63, 3.8) is 0 Å². The van der Waals surface area contributed by atoms with Crippen LogP contribution in [0.2, 0.25) is 0 Å². The lowest BCUT2D eigenvalue weighted by Crippen LogP contribution is -2.48. The number of piperidine rings is 1. The fraction of sp³-hybridized carbons (Fsp3) is 0.533. The van der Waals surface area contributed by atoms with Crippen molar-refractivity contribution in [2.24, 2.45) is 5.73 Å². The molecule has 0 saturated carbocycles. The predicted octanol–water partition coefficient (Wildman–Crippen LogP) is 3.23.